The Labute approximate surface area is 249 Å². The van der Waals surface area contributed by atoms with E-state index in [-0.39, 0.29) is 17.4 Å². The average molecular weight is 634 g/mol. The van der Waals surface area contributed by atoms with Gasteiger partial charge in [-0.25, -0.2) is 14.1 Å². The molecule has 1 fully saturated rings. The number of nitrogens with one attached hydrogen (secondary N) is 1. The first-order valence-corrected chi connectivity index (χ1v) is 15.6. The second-order valence-electron chi connectivity index (χ2n) is 10.9. The van der Waals surface area contributed by atoms with Gasteiger partial charge in [0.25, 0.3) is 11.8 Å². The van der Waals surface area contributed by atoms with Gasteiger partial charge >= 0.3 is 22.2 Å². The minimum atomic E-state index is -4.62. The van der Waals surface area contributed by atoms with Gasteiger partial charge in [-0.1, -0.05) is 37.8 Å². The zero-order valence-corrected chi connectivity index (χ0v) is 26.2. The standard InChI is InChI=1S/C25H39N5O10S2/c1-7-8-9-10-11-12-38-22(35)24(3,4)14-39-42(36,37)30-15(2)17(20(30)32)28-19(31)18(16-13-41-23(26)27-16)29-40-25(5,6)21(33)34/h13,15,17H,7-12,14H2,1-6H3,(H2,26,27)(H,28,31)(H,33,34)/b29-18+/t15-,17-/m0/s1. The summed E-state index contributed by atoms with van der Waals surface area (Å²) in [6.07, 6.45) is 4.83. The molecule has 0 bridgehead atoms. The number of thiazole rings is 1. The lowest BCUT2D eigenvalue weighted by molar-refractivity contribution is -0.161. The number of amides is 2. The van der Waals surface area contributed by atoms with E-state index in [1.54, 1.807) is 0 Å². The van der Waals surface area contributed by atoms with Crippen molar-refractivity contribution in [2.75, 3.05) is 18.9 Å². The second kappa shape index (κ2) is 14.2. The summed E-state index contributed by atoms with van der Waals surface area (Å²) in [5.74, 6) is -3.97. The highest BCUT2D eigenvalue weighted by atomic mass is 32.2. The Morgan fingerprint density at radius 3 is 2.38 bits per heavy atom. The van der Waals surface area contributed by atoms with Crippen molar-refractivity contribution < 1.29 is 46.5 Å². The maximum absolute atomic E-state index is 13.0. The molecule has 0 saturated carbocycles. The lowest BCUT2D eigenvalue weighted by Crippen LogP contribution is -2.71. The summed E-state index contributed by atoms with van der Waals surface area (Å²) in [7, 11) is -4.62. The number of unbranched alkanes of at least 4 members (excludes halogenated alkanes) is 4. The Morgan fingerprint density at radius 1 is 1.19 bits per heavy atom. The van der Waals surface area contributed by atoms with Crippen molar-refractivity contribution in [3.63, 3.8) is 0 Å². The van der Waals surface area contributed by atoms with Gasteiger partial charge in [-0.3, -0.25) is 18.6 Å². The fourth-order valence-corrected chi connectivity index (χ4v) is 5.47. The third-order valence-electron chi connectivity index (χ3n) is 6.33. The number of aliphatic carboxylic acids is 1. The number of aromatic nitrogens is 1. The third kappa shape index (κ3) is 8.84. The molecule has 42 heavy (non-hydrogen) atoms. The minimum Gasteiger partial charge on any atom is -0.478 e. The molecular weight excluding hydrogens is 594 g/mol. The van der Waals surface area contributed by atoms with Gasteiger partial charge in [-0.15, -0.1) is 11.3 Å². The number of hydrogen-bond donors (Lipinski definition) is 3. The molecule has 1 saturated heterocycles. The number of ether oxygens (including phenoxy) is 1. The Morgan fingerprint density at radius 2 is 1.83 bits per heavy atom. The average Bonchev–Trinajstić information content (AvgIpc) is 3.33. The number of nitrogens with zero attached hydrogens (tertiary/aromatic N) is 3. The van der Waals surface area contributed by atoms with E-state index in [9.17, 15) is 32.7 Å². The van der Waals surface area contributed by atoms with Crippen LogP contribution < -0.4 is 11.1 Å². The molecule has 1 aromatic rings. The zero-order chi connectivity index (χ0) is 31.9. The molecule has 0 spiro atoms. The van der Waals surface area contributed by atoms with E-state index >= 15 is 0 Å². The highest BCUT2D eigenvalue weighted by molar-refractivity contribution is 7.85. The largest absolute Gasteiger partial charge is 0.478 e. The summed E-state index contributed by atoms with van der Waals surface area (Å²) in [5.41, 5.74) is 2.00. The van der Waals surface area contributed by atoms with Gasteiger partial charge in [-0.2, -0.15) is 8.42 Å². The highest BCUT2D eigenvalue weighted by Gasteiger charge is 2.53. The summed E-state index contributed by atoms with van der Waals surface area (Å²) in [4.78, 5) is 58.7. The van der Waals surface area contributed by atoms with Crippen LogP contribution >= 0.6 is 11.3 Å². The van der Waals surface area contributed by atoms with Crippen LogP contribution in [0.25, 0.3) is 0 Å². The highest BCUT2D eigenvalue weighted by Crippen LogP contribution is 2.27. The smallest absolute Gasteiger partial charge is 0.365 e. The van der Waals surface area contributed by atoms with Gasteiger partial charge in [0.1, 0.15) is 11.7 Å². The maximum atomic E-state index is 13.0. The van der Waals surface area contributed by atoms with Crippen molar-refractivity contribution in [1.82, 2.24) is 14.6 Å². The molecule has 1 aliphatic heterocycles. The molecule has 0 aromatic carbocycles. The maximum Gasteiger partial charge on any atom is 0.365 e. The molecule has 17 heteroatoms. The first-order chi connectivity index (χ1) is 19.4. The number of carboxylic acid groups (broad SMARTS) is 1. The number of carbonyl (C=O) groups excluding carboxylic acids is 3. The van der Waals surface area contributed by atoms with Gasteiger partial charge in [-0.05, 0) is 41.0 Å². The van der Waals surface area contributed by atoms with Gasteiger partial charge in [0, 0.05) is 5.38 Å². The van der Waals surface area contributed by atoms with Crippen LogP contribution in [-0.4, -0.2) is 83.2 Å². The number of rotatable bonds is 17. The molecule has 2 amide bonds. The van der Waals surface area contributed by atoms with Crippen molar-refractivity contribution in [2.24, 2.45) is 10.6 Å². The number of carboxylic acids is 1. The monoisotopic (exact) mass is 633 g/mol. The van der Waals surface area contributed by atoms with Gasteiger partial charge in [0.15, 0.2) is 10.8 Å². The number of hydrogen-bond acceptors (Lipinski definition) is 13. The summed E-state index contributed by atoms with van der Waals surface area (Å²) in [6.45, 7) is 8.44. The molecule has 0 unspecified atom stereocenters. The molecule has 236 valence electrons. The molecule has 2 atom stereocenters. The quantitative estimate of drug-likeness (QED) is 0.0736. The van der Waals surface area contributed by atoms with Crippen LogP contribution in [0.5, 0.6) is 0 Å². The Hall–Kier alpha value is -3.31. The van der Waals surface area contributed by atoms with Crippen LogP contribution in [0.15, 0.2) is 10.5 Å². The Balaban J connectivity index is 2.03. The van der Waals surface area contributed by atoms with Crippen LogP contribution in [0.3, 0.4) is 0 Å². The van der Waals surface area contributed by atoms with Crippen LogP contribution in [0.2, 0.25) is 0 Å². The van der Waals surface area contributed by atoms with Crippen LogP contribution in [0.1, 0.15) is 79.3 Å². The van der Waals surface area contributed by atoms with E-state index in [1.165, 1.54) is 40.0 Å². The first kappa shape index (κ1) is 34.9. The van der Waals surface area contributed by atoms with E-state index in [4.69, 9.17) is 19.5 Å². The summed E-state index contributed by atoms with van der Waals surface area (Å²) < 4.78 is 36.4. The molecule has 1 aliphatic rings. The fraction of sp³-hybridized carbons (Fsp3) is 0.680. The zero-order valence-electron chi connectivity index (χ0n) is 24.5. The van der Waals surface area contributed by atoms with Gasteiger partial charge < -0.3 is 25.7 Å². The normalized spacial score (nSPS) is 17.9. The summed E-state index contributed by atoms with van der Waals surface area (Å²) >= 11 is 0.981. The molecule has 2 heterocycles. The fourth-order valence-electron chi connectivity index (χ4n) is 3.51. The molecule has 0 radical (unpaired) electrons. The summed E-state index contributed by atoms with van der Waals surface area (Å²) in [5, 5.41) is 16.7. The summed E-state index contributed by atoms with van der Waals surface area (Å²) in [6, 6.07) is -2.36. The number of nitrogens with two attached hydrogens (primary N) is 1. The van der Waals surface area contributed by atoms with Crippen molar-refractivity contribution in [3.8, 4) is 0 Å². The lowest BCUT2D eigenvalue weighted by atomic mass is 9.95. The molecule has 15 nitrogen and oxygen atoms in total. The van der Waals surface area contributed by atoms with Crippen molar-refractivity contribution >= 4 is 56.2 Å². The van der Waals surface area contributed by atoms with E-state index in [0.717, 1.165) is 37.0 Å². The van der Waals surface area contributed by atoms with Crippen molar-refractivity contribution in [3.05, 3.63) is 11.1 Å². The van der Waals surface area contributed by atoms with E-state index in [1.807, 2.05) is 0 Å². The predicted octanol–water partition coefficient (Wildman–Crippen LogP) is 1.83. The van der Waals surface area contributed by atoms with Crippen LogP contribution in [-0.2, 0) is 43.2 Å². The van der Waals surface area contributed by atoms with Crippen LogP contribution in [0.4, 0.5) is 5.13 Å². The Kier molecular flexibility index (Phi) is 11.8. The van der Waals surface area contributed by atoms with E-state index in [2.05, 4.69) is 22.4 Å². The molecule has 0 aliphatic carbocycles. The van der Waals surface area contributed by atoms with Crippen molar-refractivity contribution in [1.29, 1.82) is 0 Å². The third-order valence-corrected chi connectivity index (χ3v) is 8.41. The number of carbonyl (C=O) groups is 4. The number of esters is 1. The van der Waals surface area contributed by atoms with E-state index < -0.39 is 69.5 Å². The molecule has 2 rings (SSSR count). The Bertz CT molecular complexity index is 1290. The minimum absolute atomic E-state index is 0.0431. The number of β-lactam (4-membered cyclic amide) rings is 1. The number of nitrogen functional groups attached to an aromatic ring is 1. The molecule has 1 aromatic heterocycles. The van der Waals surface area contributed by atoms with Gasteiger partial charge in [0.2, 0.25) is 5.60 Å². The van der Waals surface area contributed by atoms with E-state index in [0.29, 0.717) is 10.7 Å². The molecule has 4 N–H and O–H groups in total. The topological polar surface area (TPSA) is 217 Å². The first-order valence-electron chi connectivity index (χ1n) is 13.4. The lowest BCUT2D eigenvalue weighted by Gasteiger charge is -2.43. The SMILES string of the molecule is CCCCCCCOC(=O)C(C)(C)COS(=O)(=O)N1C(=O)[C@@H](NC(=O)/C(=N/OC(C)(C)C(=O)O)c2csc(N)n2)[C@@H]1C. The van der Waals surface area contributed by atoms with Crippen LogP contribution in [0, 0.1) is 5.41 Å². The predicted molar refractivity (Wildman–Crippen MR) is 152 cm³/mol. The number of oxime groups is 1. The molecular formula is C25H39N5O10S2. The number of anilines is 1. The van der Waals surface area contributed by atoms with Gasteiger partial charge in [0.05, 0.1) is 24.7 Å². The van der Waals surface area contributed by atoms with Crippen molar-refractivity contribution in [2.45, 2.75) is 91.3 Å². The second-order valence-corrected chi connectivity index (χ2v) is 13.3.